The lowest BCUT2D eigenvalue weighted by Crippen LogP contribution is -2.58. The highest BCUT2D eigenvalue weighted by Gasteiger charge is 2.32. The first-order valence-corrected chi connectivity index (χ1v) is 6.81. The number of nitrogens with two attached hydrogens (primary N) is 1. The molecule has 1 aliphatic heterocycles. The van der Waals surface area contributed by atoms with Crippen molar-refractivity contribution in [1.29, 1.82) is 0 Å². The van der Waals surface area contributed by atoms with Crippen LogP contribution in [0.5, 0.6) is 0 Å². The van der Waals surface area contributed by atoms with Gasteiger partial charge in [0.05, 0.1) is 5.54 Å². The maximum Gasteiger partial charge on any atom is 0.242 e. The Hall–Kier alpha value is -0.0300. The van der Waals surface area contributed by atoms with Gasteiger partial charge in [-0.25, -0.2) is 0 Å². The van der Waals surface area contributed by atoms with Gasteiger partial charge in [0.15, 0.2) is 0 Å². The number of carbonyl (C=O) groups excluding carboxylic acids is 1. The summed E-state index contributed by atoms with van der Waals surface area (Å²) in [4.78, 5) is 16.5. The predicted octanol–water partition coefficient (Wildman–Crippen LogP) is 1.65. The minimum Gasteiger partial charge on any atom is -0.339 e. The van der Waals surface area contributed by atoms with E-state index >= 15 is 0 Å². The van der Waals surface area contributed by atoms with E-state index in [1.807, 2.05) is 4.90 Å². The van der Waals surface area contributed by atoms with Crippen LogP contribution in [-0.4, -0.2) is 53.5 Å². The first kappa shape index (κ1) is 19.0. The van der Waals surface area contributed by atoms with Crippen LogP contribution in [0.2, 0.25) is 0 Å². The molecule has 0 unspecified atom stereocenters. The Morgan fingerprint density at radius 1 is 1.05 bits per heavy atom. The SMILES string of the molecule is CC(C)(N)C(=O)N1CCN(C2CCCC2)CC1.Cl.Cl. The molecule has 114 valence electrons. The summed E-state index contributed by atoms with van der Waals surface area (Å²) in [5.41, 5.74) is 5.14. The van der Waals surface area contributed by atoms with Crippen LogP contribution >= 0.6 is 24.8 Å². The van der Waals surface area contributed by atoms with Crippen molar-refractivity contribution in [3.63, 3.8) is 0 Å². The van der Waals surface area contributed by atoms with Crippen LogP contribution < -0.4 is 5.73 Å². The first-order valence-electron chi connectivity index (χ1n) is 6.81. The van der Waals surface area contributed by atoms with E-state index in [4.69, 9.17) is 5.73 Å². The molecule has 1 saturated heterocycles. The monoisotopic (exact) mass is 311 g/mol. The minimum absolute atomic E-state index is 0. The van der Waals surface area contributed by atoms with Crippen molar-refractivity contribution in [2.24, 2.45) is 5.73 Å². The summed E-state index contributed by atoms with van der Waals surface area (Å²) >= 11 is 0. The van der Waals surface area contributed by atoms with Crippen molar-refractivity contribution in [3.8, 4) is 0 Å². The molecule has 2 N–H and O–H groups in total. The third kappa shape index (κ3) is 4.78. The zero-order valence-corrected chi connectivity index (χ0v) is 13.6. The highest BCUT2D eigenvalue weighted by Crippen LogP contribution is 2.24. The summed E-state index contributed by atoms with van der Waals surface area (Å²) in [5, 5.41) is 0. The Balaban J connectivity index is 0.00000162. The predicted molar refractivity (Wildman–Crippen MR) is 83.2 cm³/mol. The molecule has 1 amide bonds. The molecule has 6 heteroatoms. The Kier molecular flexibility index (Phi) is 7.66. The van der Waals surface area contributed by atoms with E-state index in [0.29, 0.717) is 0 Å². The zero-order chi connectivity index (χ0) is 12.5. The Labute approximate surface area is 128 Å². The number of nitrogens with zero attached hydrogens (tertiary/aromatic N) is 2. The molecule has 0 bridgehead atoms. The Bertz CT molecular complexity index is 280. The topological polar surface area (TPSA) is 49.6 Å². The lowest BCUT2D eigenvalue weighted by molar-refractivity contribution is -0.137. The fourth-order valence-corrected chi connectivity index (χ4v) is 2.97. The van der Waals surface area contributed by atoms with Crippen LogP contribution in [0, 0.1) is 0 Å². The van der Waals surface area contributed by atoms with Crippen LogP contribution in [0.15, 0.2) is 0 Å². The summed E-state index contributed by atoms with van der Waals surface area (Å²) in [6.07, 6.45) is 5.44. The van der Waals surface area contributed by atoms with E-state index in [2.05, 4.69) is 4.90 Å². The van der Waals surface area contributed by atoms with E-state index in [1.54, 1.807) is 13.8 Å². The molecule has 2 rings (SSSR count). The van der Waals surface area contributed by atoms with Crippen LogP contribution in [0.3, 0.4) is 0 Å². The number of amides is 1. The van der Waals surface area contributed by atoms with Crippen molar-refractivity contribution >= 4 is 30.7 Å². The average molecular weight is 312 g/mol. The smallest absolute Gasteiger partial charge is 0.242 e. The summed E-state index contributed by atoms with van der Waals surface area (Å²) < 4.78 is 0. The number of carbonyl (C=O) groups is 1. The molecular formula is C13H27Cl2N3O. The molecule has 0 radical (unpaired) electrons. The summed E-state index contributed by atoms with van der Waals surface area (Å²) in [6, 6.07) is 0.776. The van der Waals surface area contributed by atoms with Gasteiger partial charge in [-0.2, -0.15) is 0 Å². The van der Waals surface area contributed by atoms with Crippen molar-refractivity contribution < 1.29 is 4.79 Å². The normalized spacial score (nSPS) is 21.7. The summed E-state index contributed by atoms with van der Waals surface area (Å²) in [7, 11) is 0. The molecule has 1 aliphatic carbocycles. The molecule has 0 atom stereocenters. The molecule has 0 aromatic rings. The Morgan fingerprint density at radius 3 is 1.95 bits per heavy atom. The molecule has 19 heavy (non-hydrogen) atoms. The number of rotatable bonds is 2. The molecule has 2 aliphatic rings. The van der Waals surface area contributed by atoms with Crippen LogP contribution in [0.1, 0.15) is 39.5 Å². The van der Waals surface area contributed by atoms with E-state index in [1.165, 1.54) is 25.7 Å². The van der Waals surface area contributed by atoms with Gasteiger partial charge in [-0.3, -0.25) is 9.69 Å². The number of hydrogen-bond acceptors (Lipinski definition) is 3. The maximum atomic E-state index is 12.0. The fourth-order valence-electron chi connectivity index (χ4n) is 2.97. The molecule has 4 nitrogen and oxygen atoms in total. The van der Waals surface area contributed by atoms with Gasteiger partial charge in [0, 0.05) is 32.2 Å². The third-order valence-electron chi connectivity index (χ3n) is 3.99. The van der Waals surface area contributed by atoms with Gasteiger partial charge in [0.25, 0.3) is 0 Å². The summed E-state index contributed by atoms with van der Waals surface area (Å²) in [5.74, 6) is 0.0866. The minimum atomic E-state index is -0.727. The van der Waals surface area contributed by atoms with Gasteiger partial charge < -0.3 is 10.6 Å². The molecule has 0 aromatic heterocycles. The van der Waals surface area contributed by atoms with Crippen LogP contribution in [0.25, 0.3) is 0 Å². The molecule has 0 aromatic carbocycles. The van der Waals surface area contributed by atoms with E-state index in [9.17, 15) is 4.79 Å². The quantitative estimate of drug-likeness (QED) is 0.843. The van der Waals surface area contributed by atoms with Crippen LogP contribution in [0.4, 0.5) is 0 Å². The van der Waals surface area contributed by atoms with Gasteiger partial charge in [0.2, 0.25) is 5.91 Å². The van der Waals surface area contributed by atoms with Gasteiger partial charge in [-0.15, -0.1) is 24.8 Å². The summed E-state index contributed by atoms with van der Waals surface area (Å²) in [6.45, 7) is 7.31. The molecule has 1 heterocycles. The van der Waals surface area contributed by atoms with E-state index < -0.39 is 5.54 Å². The molecule has 1 saturated carbocycles. The zero-order valence-electron chi connectivity index (χ0n) is 11.9. The fraction of sp³-hybridized carbons (Fsp3) is 0.923. The van der Waals surface area contributed by atoms with Gasteiger partial charge in [-0.1, -0.05) is 12.8 Å². The number of hydrogen-bond donors (Lipinski definition) is 1. The van der Waals surface area contributed by atoms with Crippen molar-refractivity contribution in [2.75, 3.05) is 26.2 Å². The van der Waals surface area contributed by atoms with Crippen molar-refractivity contribution in [1.82, 2.24) is 9.80 Å². The van der Waals surface area contributed by atoms with E-state index in [0.717, 1.165) is 32.2 Å². The lowest BCUT2D eigenvalue weighted by atomic mass is 10.0. The average Bonchev–Trinajstić information content (AvgIpc) is 2.80. The molecular weight excluding hydrogens is 285 g/mol. The van der Waals surface area contributed by atoms with Gasteiger partial charge >= 0.3 is 0 Å². The van der Waals surface area contributed by atoms with E-state index in [-0.39, 0.29) is 30.7 Å². The van der Waals surface area contributed by atoms with Gasteiger partial charge in [-0.05, 0) is 26.7 Å². The highest BCUT2D eigenvalue weighted by atomic mass is 35.5. The second kappa shape index (κ2) is 7.67. The van der Waals surface area contributed by atoms with Crippen LogP contribution in [-0.2, 0) is 4.79 Å². The second-order valence-electron chi connectivity index (χ2n) is 5.99. The number of halogens is 2. The van der Waals surface area contributed by atoms with Crippen molar-refractivity contribution in [3.05, 3.63) is 0 Å². The Morgan fingerprint density at radius 2 is 1.53 bits per heavy atom. The third-order valence-corrected chi connectivity index (χ3v) is 3.99. The largest absolute Gasteiger partial charge is 0.339 e. The molecule has 0 spiro atoms. The molecule has 2 fully saturated rings. The van der Waals surface area contributed by atoms with Gasteiger partial charge in [0.1, 0.15) is 0 Å². The second-order valence-corrected chi connectivity index (χ2v) is 5.99. The first-order chi connectivity index (χ1) is 7.98. The highest BCUT2D eigenvalue weighted by molar-refractivity contribution is 5.86. The maximum absolute atomic E-state index is 12.0. The lowest BCUT2D eigenvalue weighted by Gasteiger charge is -2.40. The standard InChI is InChI=1S/C13H25N3O.2ClH/c1-13(2,14)12(17)16-9-7-15(8-10-16)11-5-3-4-6-11;;/h11H,3-10,14H2,1-2H3;2*1H. The number of piperazine rings is 1. The van der Waals surface area contributed by atoms with Crippen molar-refractivity contribution in [2.45, 2.75) is 51.1 Å².